The Morgan fingerprint density at radius 3 is 1.71 bits per heavy atom. The van der Waals surface area contributed by atoms with Crippen LogP contribution in [0.2, 0.25) is 0 Å². The zero-order chi connectivity index (χ0) is 19.2. The van der Waals surface area contributed by atoms with Gasteiger partial charge in [-0.15, -0.1) is 0 Å². The van der Waals surface area contributed by atoms with Crippen LogP contribution in [-0.4, -0.2) is 5.78 Å². The van der Waals surface area contributed by atoms with Gasteiger partial charge < -0.3 is 0 Å². The maximum absolute atomic E-state index is 12.4. The van der Waals surface area contributed by atoms with E-state index in [0.29, 0.717) is 5.56 Å². The monoisotopic (exact) mass is 360 g/mol. The second-order valence-corrected chi connectivity index (χ2v) is 6.63. The molecule has 0 aliphatic rings. The zero-order valence-corrected chi connectivity index (χ0v) is 15.5. The minimum atomic E-state index is 0.00781. The number of rotatable bonds is 5. The van der Waals surface area contributed by atoms with Crippen LogP contribution in [0.25, 0.3) is 28.3 Å². The lowest BCUT2D eigenvalue weighted by molar-refractivity contribution is 0.104. The van der Waals surface area contributed by atoms with Crippen LogP contribution >= 0.6 is 0 Å². The zero-order valence-electron chi connectivity index (χ0n) is 15.5. The van der Waals surface area contributed by atoms with Gasteiger partial charge in [0.25, 0.3) is 0 Å². The van der Waals surface area contributed by atoms with Crippen LogP contribution in [0.4, 0.5) is 0 Å². The van der Waals surface area contributed by atoms with Crippen molar-refractivity contribution in [3.63, 3.8) is 0 Å². The second-order valence-electron chi connectivity index (χ2n) is 6.63. The minimum Gasteiger partial charge on any atom is -0.289 e. The first-order valence-corrected chi connectivity index (χ1v) is 9.33. The molecule has 4 aromatic rings. The van der Waals surface area contributed by atoms with Crippen molar-refractivity contribution in [2.24, 2.45) is 0 Å². The molecule has 0 aliphatic heterocycles. The molecule has 0 saturated carbocycles. The molecule has 134 valence electrons. The van der Waals surface area contributed by atoms with E-state index in [2.05, 4.69) is 36.4 Å². The summed E-state index contributed by atoms with van der Waals surface area (Å²) >= 11 is 0. The van der Waals surface area contributed by atoms with Crippen LogP contribution in [0.1, 0.15) is 15.9 Å². The summed E-state index contributed by atoms with van der Waals surface area (Å²) in [6, 6.07) is 36.4. The topological polar surface area (TPSA) is 17.1 Å². The maximum Gasteiger partial charge on any atom is 0.185 e. The van der Waals surface area contributed by atoms with Crippen molar-refractivity contribution >= 4 is 11.9 Å². The van der Waals surface area contributed by atoms with Gasteiger partial charge in [-0.05, 0) is 40.0 Å². The van der Waals surface area contributed by atoms with Crippen molar-refractivity contribution in [2.45, 2.75) is 0 Å². The Balaban J connectivity index is 1.54. The fraction of sp³-hybridized carbons (Fsp3) is 0. The molecule has 4 aromatic carbocycles. The molecule has 0 saturated heterocycles. The van der Waals surface area contributed by atoms with E-state index in [9.17, 15) is 4.79 Å². The average molecular weight is 360 g/mol. The van der Waals surface area contributed by atoms with Crippen molar-refractivity contribution in [2.75, 3.05) is 0 Å². The predicted octanol–water partition coefficient (Wildman–Crippen LogP) is 6.92. The predicted molar refractivity (Wildman–Crippen MR) is 117 cm³/mol. The third kappa shape index (κ3) is 4.16. The van der Waals surface area contributed by atoms with Gasteiger partial charge in [0, 0.05) is 5.56 Å². The number of hydrogen-bond acceptors (Lipinski definition) is 1. The highest BCUT2D eigenvalue weighted by molar-refractivity contribution is 6.07. The Morgan fingerprint density at radius 1 is 0.536 bits per heavy atom. The molecule has 0 heterocycles. The van der Waals surface area contributed by atoms with E-state index in [1.54, 1.807) is 6.08 Å². The molecule has 1 nitrogen and oxygen atoms in total. The lowest BCUT2D eigenvalue weighted by Gasteiger charge is -2.07. The molecule has 0 amide bonds. The molecule has 0 bridgehead atoms. The van der Waals surface area contributed by atoms with Gasteiger partial charge in [0.05, 0.1) is 0 Å². The lowest BCUT2D eigenvalue weighted by Crippen LogP contribution is -1.93. The van der Waals surface area contributed by atoms with Gasteiger partial charge >= 0.3 is 0 Å². The Morgan fingerprint density at radius 2 is 1.07 bits per heavy atom. The highest BCUT2D eigenvalue weighted by Gasteiger charge is 2.05. The third-order valence-corrected chi connectivity index (χ3v) is 4.70. The first kappa shape index (κ1) is 17.7. The smallest absolute Gasteiger partial charge is 0.185 e. The fourth-order valence-corrected chi connectivity index (χ4v) is 3.17. The van der Waals surface area contributed by atoms with Gasteiger partial charge in [-0.3, -0.25) is 4.79 Å². The van der Waals surface area contributed by atoms with Crippen LogP contribution in [0.5, 0.6) is 0 Å². The van der Waals surface area contributed by atoms with Crippen molar-refractivity contribution in [1.29, 1.82) is 0 Å². The van der Waals surface area contributed by atoms with Gasteiger partial charge in [-0.2, -0.15) is 0 Å². The first-order valence-electron chi connectivity index (χ1n) is 9.33. The highest BCUT2D eigenvalue weighted by Crippen LogP contribution is 2.26. The van der Waals surface area contributed by atoms with Crippen molar-refractivity contribution in [3.05, 3.63) is 126 Å². The van der Waals surface area contributed by atoms with Crippen LogP contribution in [-0.2, 0) is 0 Å². The number of hydrogen-bond donors (Lipinski definition) is 0. The van der Waals surface area contributed by atoms with E-state index in [1.807, 2.05) is 78.9 Å². The number of allylic oxidation sites excluding steroid dienone is 1. The van der Waals surface area contributed by atoms with E-state index in [0.717, 1.165) is 16.7 Å². The molecular formula is C27H20O. The summed E-state index contributed by atoms with van der Waals surface area (Å²) in [5.41, 5.74) is 6.33. The molecule has 1 heteroatoms. The minimum absolute atomic E-state index is 0.00781. The summed E-state index contributed by atoms with van der Waals surface area (Å²) in [7, 11) is 0. The standard InChI is InChI=1S/C27H20O/c28-27(19-14-21-8-3-1-4-9-21)24-17-15-23(16-18-24)26-13-7-12-25(20-26)22-10-5-2-6-11-22/h1-20H/b19-14+. The van der Waals surface area contributed by atoms with Gasteiger partial charge in [-0.1, -0.05) is 109 Å². The van der Waals surface area contributed by atoms with E-state index < -0.39 is 0 Å². The SMILES string of the molecule is O=C(/C=C/c1ccccc1)c1ccc(-c2cccc(-c3ccccc3)c2)cc1. The summed E-state index contributed by atoms with van der Waals surface area (Å²) in [6.45, 7) is 0. The molecule has 0 spiro atoms. The molecule has 4 rings (SSSR count). The molecule has 0 aliphatic carbocycles. The number of carbonyl (C=O) groups is 1. The number of benzene rings is 4. The normalized spacial score (nSPS) is 10.9. The molecule has 28 heavy (non-hydrogen) atoms. The molecular weight excluding hydrogens is 340 g/mol. The lowest BCUT2D eigenvalue weighted by atomic mass is 9.98. The maximum atomic E-state index is 12.4. The molecule has 0 fully saturated rings. The van der Waals surface area contributed by atoms with E-state index in [1.165, 1.54) is 11.1 Å². The van der Waals surface area contributed by atoms with Crippen LogP contribution in [0, 0.1) is 0 Å². The fourth-order valence-electron chi connectivity index (χ4n) is 3.17. The molecule has 0 unspecified atom stereocenters. The average Bonchev–Trinajstić information content (AvgIpc) is 2.79. The van der Waals surface area contributed by atoms with Crippen LogP contribution < -0.4 is 0 Å². The van der Waals surface area contributed by atoms with Crippen molar-refractivity contribution < 1.29 is 4.79 Å². The van der Waals surface area contributed by atoms with Gasteiger partial charge in [-0.25, -0.2) is 0 Å². The van der Waals surface area contributed by atoms with Crippen LogP contribution in [0.15, 0.2) is 115 Å². The summed E-state index contributed by atoms with van der Waals surface area (Å²) in [6.07, 6.45) is 3.47. The Kier molecular flexibility index (Phi) is 5.26. The number of carbonyl (C=O) groups excluding carboxylic acids is 1. The van der Waals surface area contributed by atoms with E-state index in [-0.39, 0.29) is 5.78 Å². The molecule has 0 aromatic heterocycles. The Labute approximate surface area is 165 Å². The molecule has 0 radical (unpaired) electrons. The Bertz CT molecular complexity index is 1090. The summed E-state index contributed by atoms with van der Waals surface area (Å²) in [5, 5.41) is 0. The summed E-state index contributed by atoms with van der Waals surface area (Å²) in [5.74, 6) is 0.00781. The summed E-state index contributed by atoms with van der Waals surface area (Å²) < 4.78 is 0. The van der Waals surface area contributed by atoms with Crippen LogP contribution in [0.3, 0.4) is 0 Å². The molecule has 0 N–H and O–H groups in total. The second kappa shape index (κ2) is 8.32. The molecule has 0 atom stereocenters. The van der Waals surface area contributed by atoms with Gasteiger partial charge in [0.2, 0.25) is 0 Å². The quantitative estimate of drug-likeness (QED) is 0.279. The summed E-state index contributed by atoms with van der Waals surface area (Å²) in [4.78, 5) is 12.4. The first-order chi connectivity index (χ1) is 13.8. The Hall–Kier alpha value is -3.71. The van der Waals surface area contributed by atoms with Crippen molar-refractivity contribution in [1.82, 2.24) is 0 Å². The number of ketones is 1. The third-order valence-electron chi connectivity index (χ3n) is 4.70. The van der Waals surface area contributed by atoms with E-state index in [4.69, 9.17) is 0 Å². The van der Waals surface area contributed by atoms with Gasteiger partial charge in [0.15, 0.2) is 5.78 Å². The highest BCUT2D eigenvalue weighted by atomic mass is 16.1. The van der Waals surface area contributed by atoms with Gasteiger partial charge in [0.1, 0.15) is 0 Å². The van der Waals surface area contributed by atoms with E-state index >= 15 is 0 Å². The van der Waals surface area contributed by atoms with Crippen molar-refractivity contribution in [3.8, 4) is 22.3 Å². The largest absolute Gasteiger partial charge is 0.289 e.